The maximum Gasteiger partial charge on any atom is 0.0743 e. The lowest BCUT2D eigenvalue weighted by Gasteiger charge is -2.18. The van der Waals surface area contributed by atoms with E-state index in [1.54, 1.807) is 0 Å². The van der Waals surface area contributed by atoms with Crippen molar-refractivity contribution in [2.24, 2.45) is 5.10 Å². The third kappa shape index (κ3) is 2.24. The molecule has 2 heterocycles. The molecule has 2 aliphatic rings. The van der Waals surface area contributed by atoms with Gasteiger partial charge in [-0.05, 0) is 41.5 Å². The van der Waals surface area contributed by atoms with E-state index < -0.39 is 0 Å². The van der Waals surface area contributed by atoms with Gasteiger partial charge in [0, 0.05) is 14.6 Å². The average molecular weight is 310 g/mol. The Morgan fingerprint density at radius 1 is 0.952 bits per heavy atom. The zero-order valence-corrected chi connectivity index (χ0v) is 13.2. The second-order valence-corrected chi connectivity index (χ2v) is 8.20. The highest BCUT2D eigenvalue weighted by Crippen LogP contribution is 2.54. The first-order valence-corrected chi connectivity index (χ1v) is 9.32. The Kier molecular flexibility index (Phi) is 3.20. The van der Waals surface area contributed by atoms with E-state index in [1.165, 1.54) is 15.3 Å². The first-order chi connectivity index (χ1) is 10.3. The van der Waals surface area contributed by atoms with Crippen molar-refractivity contribution < 1.29 is 0 Å². The van der Waals surface area contributed by atoms with E-state index in [9.17, 15) is 0 Å². The van der Waals surface area contributed by atoms with Gasteiger partial charge in [-0.3, -0.25) is 0 Å². The minimum Gasteiger partial charge on any atom is -0.203 e. The standard InChI is InChI=1S/C17H14N2S2/c1-13-17-12-16(14-8-4-2-5-9-14)20-21(17)19(18-13)15-10-6-3-7-11-15/h2-12H,1H3. The molecule has 1 atom stereocenters. The predicted octanol–water partition coefficient (Wildman–Crippen LogP) is 4.94. The largest absolute Gasteiger partial charge is 0.203 e. The smallest absolute Gasteiger partial charge is 0.0743 e. The summed E-state index contributed by atoms with van der Waals surface area (Å²) in [5.41, 5.74) is 3.57. The zero-order valence-electron chi connectivity index (χ0n) is 11.6. The molecular formula is C17H14N2S2. The fourth-order valence-electron chi connectivity index (χ4n) is 2.35. The lowest BCUT2D eigenvalue weighted by atomic mass is 10.2. The van der Waals surface area contributed by atoms with E-state index in [0.29, 0.717) is 0 Å². The minimum atomic E-state index is -0.0470. The van der Waals surface area contributed by atoms with Gasteiger partial charge >= 0.3 is 0 Å². The van der Waals surface area contributed by atoms with Gasteiger partial charge in [0.1, 0.15) is 0 Å². The van der Waals surface area contributed by atoms with Gasteiger partial charge in [0.05, 0.1) is 16.3 Å². The van der Waals surface area contributed by atoms with Crippen molar-refractivity contribution in [3.63, 3.8) is 0 Å². The Balaban J connectivity index is 1.69. The number of allylic oxidation sites excluding steroid dienone is 1. The summed E-state index contributed by atoms with van der Waals surface area (Å²) < 4.78 is 2.15. The number of rotatable bonds is 2. The number of para-hydroxylation sites is 1. The molecule has 104 valence electrons. The summed E-state index contributed by atoms with van der Waals surface area (Å²) in [6, 6.07) is 21.0. The molecule has 21 heavy (non-hydrogen) atoms. The molecule has 0 spiro atoms. The molecule has 0 fully saturated rings. The van der Waals surface area contributed by atoms with Crippen LogP contribution in [0.25, 0.3) is 4.91 Å². The van der Waals surface area contributed by atoms with Crippen LogP contribution in [0.3, 0.4) is 0 Å². The molecule has 1 unspecified atom stereocenters. The summed E-state index contributed by atoms with van der Waals surface area (Å²) in [5.74, 6) is 0. The van der Waals surface area contributed by atoms with Crippen LogP contribution in [0.2, 0.25) is 0 Å². The van der Waals surface area contributed by atoms with Crippen molar-refractivity contribution in [2.75, 3.05) is 4.41 Å². The SMILES string of the molecule is CC1=NN(c2ccccc2)S2=C1C=C(c1ccccc1)S2. The molecule has 0 radical (unpaired) electrons. The summed E-state index contributed by atoms with van der Waals surface area (Å²) in [7, 11) is 1.86. The topological polar surface area (TPSA) is 15.6 Å². The normalized spacial score (nSPS) is 20.3. The molecule has 0 N–H and O–H groups in total. The lowest BCUT2D eigenvalue weighted by Crippen LogP contribution is -2.03. The number of hydrazone groups is 1. The molecule has 0 bridgehead atoms. The van der Waals surface area contributed by atoms with E-state index in [2.05, 4.69) is 72.0 Å². The second-order valence-electron chi connectivity index (χ2n) is 4.87. The number of nitrogens with zero attached hydrogens (tertiary/aromatic N) is 2. The molecule has 2 nitrogen and oxygen atoms in total. The van der Waals surface area contributed by atoms with Crippen molar-refractivity contribution in [2.45, 2.75) is 6.92 Å². The van der Waals surface area contributed by atoms with Crippen molar-refractivity contribution >= 4 is 41.7 Å². The van der Waals surface area contributed by atoms with Gasteiger partial charge in [-0.1, -0.05) is 48.5 Å². The Labute approximate surface area is 130 Å². The third-order valence-corrected chi connectivity index (χ3v) is 7.47. The van der Waals surface area contributed by atoms with Gasteiger partial charge in [0.2, 0.25) is 0 Å². The Bertz CT molecular complexity index is 777. The molecule has 0 aromatic heterocycles. The van der Waals surface area contributed by atoms with Crippen molar-refractivity contribution in [3.05, 3.63) is 72.3 Å². The Hall–Kier alpha value is -1.78. The van der Waals surface area contributed by atoms with E-state index in [-0.39, 0.29) is 9.70 Å². The molecule has 0 amide bonds. The monoisotopic (exact) mass is 310 g/mol. The molecule has 2 aromatic carbocycles. The van der Waals surface area contributed by atoms with Crippen LogP contribution in [0.15, 0.2) is 71.8 Å². The number of hydrogen-bond donors (Lipinski definition) is 0. The van der Waals surface area contributed by atoms with Crippen LogP contribution in [0.5, 0.6) is 0 Å². The highest BCUT2D eigenvalue weighted by molar-refractivity contribution is 8.88. The molecular weight excluding hydrogens is 296 g/mol. The van der Waals surface area contributed by atoms with Gasteiger partial charge < -0.3 is 0 Å². The third-order valence-electron chi connectivity index (χ3n) is 3.41. The predicted molar refractivity (Wildman–Crippen MR) is 96.6 cm³/mol. The van der Waals surface area contributed by atoms with E-state index in [4.69, 9.17) is 5.10 Å². The number of anilines is 1. The zero-order chi connectivity index (χ0) is 14.2. The van der Waals surface area contributed by atoms with Gasteiger partial charge in [-0.2, -0.15) is 5.10 Å². The van der Waals surface area contributed by atoms with Crippen LogP contribution >= 0.6 is 20.5 Å². The van der Waals surface area contributed by atoms with Gasteiger partial charge in [-0.25, -0.2) is 4.41 Å². The lowest BCUT2D eigenvalue weighted by molar-refractivity contribution is 1.22. The maximum absolute atomic E-state index is 4.73. The Morgan fingerprint density at radius 3 is 2.33 bits per heavy atom. The summed E-state index contributed by atoms with van der Waals surface area (Å²) in [5, 5.41) is 4.73. The van der Waals surface area contributed by atoms with Crippen LogP contribution in [0.1, 0.15) is 12.5 Å². The summed E-state index contributed by atoms with van der Waals surface area (Å²) in [6.07, 6.45) is 2.30. The number of hydrogen-bond acceptors (Lipinski definition) is 3. The first-order valence-electron chi connectivity index (χ1n) is 6.80. The summed E-state index contributed by atoms with van der Waals surface area (Å²) in [6.45, 7) is 2.10. The van der Waals surface area contributed by atoms with E-state index in [1.807, 2.05) is 16.9 Å². The van der Waals surface area contributed by atoms with Gasteiger partial charge in [0.25, 0.3) is 0 Å². The van der Waals surface area contributed by atoms with Gasteiger partial charge in [-0.15, -0.1) is 0 Å². The van der Waals surface area contributed by atoms with Crippen LogP contribution in [0.4, 0.5) is 5.69 Å². The highest BCUT2D eigenvalue weighted by atomic mass is 33.1. The molecule has 2 aliphatic heterocycles. The van der Waals surface area contributed by atoms with Crippen molar-refractivity contribution in [1.82, 2.24) is 0 Å². The molecule has 0 saturated heterocycles. The van der Waals surface area contributed by atoms with Crippen LogP contribution in [0, 0.1) is 0 Å². The Morgan fingerprint density at radius 2 is 1.62 bits per heavy atom. The summed E-state index contributed by atoms with van der Waals surface area (Å²) in [4.78, 5) is 2.69. The van der Waals surface area contributed by atoms with Crippen molar-refractivity contribution in [1.29, 1.82) is 0 Å². The second kappa shape index (κ2) is 5.20. The van der Waals surface area contributed by atoms with Gasteiger partial charge in [0.15, 0.2) is 0 Å². The fraction of sp³-hybridized carbons (Fsp3) is 0.0588. The highest BCUT2D eigenvalue weighted by Gasteiger charge is 2.29. The minimum absolute atomic E-state index is 0.0470. The first kappa shape index (κ1) is 12.9. The quantitative estimate of drug-likeness (QED) is 0.576. The van der Waals surface area contributed by atoms with Crippen molar-refractivity contribution in [3.8, 4) is 0 Å². The fourth-order valence-corrected chi connectivity index (χ4v) is 6.65. The average Bonchev–Trinajstić information content (AvgIpc) is 3.10. The number of benzene rings is 2. The molecule has 0 saturated carbocycles. The van der Waals surface area contributed by atoms with E-state index in [0.717, 1.165) is 11.4 Å². The van der Waals surface area contributed by atoms with Crippen LogP contribution < -0.4 is 4.41 Å². The molecule has 2 aromatic rings. The molecule has 4 heteroatoms. The van der Waals surface area contributed by atoms with Crippen LogP contribution in [-0.2, 0) is 0 Å². The summed E-state index contributed by atoms with van der Waals surface area (Å²) >= 11 is 0. The molecule has 4 rings (SSSR count). The van der Waals surface area contributed by atoms with E-state index >= 15 is 0 Å². The van der Waals surface area contributed by atoms with Crippen LogP contribution in [-0.4, -0.2) is 10.6 Å². The molecule has 0 aliphatic carbocycles. The maximum atomic E-state index is 4.73.